The number of thioether (sulfide) groups is 1. The van der Waals surface area contributed by atoms with E-state index in [4.69, 9.17) is 0 Å². The van der Waals surface area contributed by atoms with Gasteiger partial charge in [-0.25, -0.2) is 12.8 Å². The second-order valence-corrected chi connectivity index (χ2v) is 8.22. The molecule has 1 amide bonds. The van der Waals surface area contributed by atoms with Crippen molar-refractivity contribution in [3.8, 4) is 0 Å². The fourth-order valence-corrected chi connectivity index (χ4v) is 5.45. The van der Waals surface area contributed by atoms with Crippen molar-refractivity contribution in [3.05, 3.63) is 35.6 Å². The first-order valence-corrected chi connectivity index (χ1v) is 9.15. The van der Waals surface area contributed by atoms with Gasteiger partial charge in [-0.15, -0.1) is 11.8 Å². The van der Waals surface area contributed by atoms with Gasteiger partial charge in [-0.2, -0.15) is 0 Å². The van der Waals surface area contributed by atoms with Crippen LogP contribution in [0.3, 0.4) is 0 Å². The van der Waals surface area contributed by atoms with Crippen molar-refractivity contribution >= 4 is 27.5 Å². The van der Waals surface area contributed by atoms with Crippen LogP contribution in [0.2, 0.25) is 0 Å². The molecule has 1 saturated heterocycles. The lowest BCUT2D eigenvalue weighted by Crippen LogP contribution is -2.26. The van der Waals surface area contributed by atoms with Crippen LogP contribution >= 0.6 is 11.8 Å². The molecule has 0 spiro atoms. The molecule has 20 heavy (non-hydrogen) atoms. The SMILES string of the molecule is O=C(CSC1CCS(=O)(=O)C1)NCc1ccccc1F. The van der Waals surface area contributed by atoms with E-state index in [1.165, 1.54) is 17.8 Å². The monoisotopic (exact) mass is 317 g/mol. The van der Waals surface area contributed by atoms with Crippen LogP contribution < -0.4 is 5.32 Å². The number of rotatable bonds is 5. The van der Waals surface area contributed by atoms with Crippen LogP contribution in [0.25, 0.3) is 0 Å². The first kappa shape index (κ1) is 15.3. The normalized spacial score (nSPS) is 20.8. The Labute approximate surface area is 122 Å². The van der Waals surface area contributed by atoms with Crippen molar-refractivity contribution in [3.63, 3.8) is 0 Å². The molecule has 110 valence electrons. The predicted molar refractivity (Wildman–Crippen MR) is 77.8 cm³/mol. The van der Waals surface area contributed by atoms with Crippen LogP contribution in [-0.4, -0.2) is 36.8 Å². The Morgan fingerprint density at radius 2 is 2.15 bits per heavy atom. The molecule has 1 heterocycles. The molecule has 1 aromatic carbocycles. The van der Waals surface area contributed by atoms with E-state index in [0.717, 1.165) is 0 Å². The molecule has 2 rings (SSSR count). The van der Waals surface area contributed by atoms with Crippen LogP contribution in [0.4, 0.5) is 4.39 Å². The third-order valence-electron chi connectivity index (χ3n) is 3.07. The molecule has 1 atom stereocenters. The molecule has 7 heteroatoms. The molecule has 0 saturated carbocycles. The van der Waals surface area contributed by atoms with E-state index in [1.54, 1.807) is 18.2 Å². The standard InChI is InChI=1S/C13H16FNO3S2/c14-12-4-2-1-3-10(12)7-15-13(16)8-19-11-5-6-20(17,18)9-11/h1-4,11H,5-9H2,(H,15,16). The molecule has 1 aliphatic rings. The van der Waals surface area contributed by atoms with E-state index in [1.807, 2.05) is 0 Å². The summed E-state index contributed by atoms with van der Waals surface area (Å²) in [4.78, 5) is 11.6. The van der Waals surface area contributed by atoms with Crippen LogP contribution in [0.1, 0.15) is 12.0 Å². The summed E-state index contributed by atoms with van der Waals surface area (Å²) in [6.07, 6.45) is 0.605. The Morgan fingerprint density at radius 1 is 1.40 bits per heavy atom. The average Bonchev–Trinajstić information content (AvgIpc) is 2.75. The van der Waals surface area contributed by atoms with Crippen molar-refractivity contribution in [1.82, 2.24) is 5.32 Å². The zero-order valence-corrected chi connectivity index (χ0v) is 12.5. The fourth-order valence-electron chi connectivity index (χ4n) is 1.97. The topological polar surface area (TPSA) is 63.2 Å². The van der Waals surface area contributed by atoms with Crippen LogP contribution in [0, 0.1) is 5.82 Å². The van der Waals surface area contributed by atoms with Gasteiger partial charge in [0.15, 0.2) is 9.84 Å². The van der Waals surface area contributed by atoms with E-state index >= 15 is 0 Å². The summed E-state index contributed by atoms with van der Waals surface area (Å²) in [6.45, 7) is 0.148. The third-order valence-corrected chi connectivity index (χ3v) is 6.36. The summed E-state index contributed by atoms with van der Waals surface area (Å²) in [5.41, 5.74) is 0.439. The van der Waals surface area contributed by atoms with Gasteiger partial charge in [0.1, 0.15) is 5.82 Å². The van der Waals surface area contributed by atoms with Crippen molar-refractivity contribution < 1.29 is 17.6 Å². The number of carbonyl (C=O) groups is 1. The molecule has 4 nitrogen and oxygen atoms in total. The molecular formula is C13H16FNO3S2. The first-order valence-electron chi connectivity index (χ1n) is 6.28. The highest BCUT2D eigenvalue weighted by atomic mass is 32.2. The minimum Gasteiger partial charge on any atom is -0.351 e. The smallest absolute Gasteiger partial charge is 0.230 e. The number of hydrogen-bond donors (Lipinski definition) is 1. The van der Waals surface area contributed by atoms with Gasteiger partial charge in [0.2, 0.25) is 5.91 Å². The van der Waals surface area contributed by atoms with Crippen LogP contribution in [0.5, 0.6) is 0 Å². The van der Waals surface area contributed by atoms with Gasteiger partial charge in [0.25, 0.3) is 0 Å². The highest BCUT2D eigenvalue weighted by Gasteiger charge is 2.28. The fraction of sp³-hybridized carbons (Fsp3) is 0.462. The Kier molecular flexibility index (Phi) is 5.04. The van der Waals surface area contributed by atoms with Crippen molar-refractivity contribution in [2.75, 3.05) is 17.3 Å². The molecule has 1 fully saturated rings. The second kappa shape index (κ2) is 6.58. The van der Waals surface area contributed by atoms with Gasteiger partial charge in [0.05, 0.1) is 17.3 Å². The number of benzene rings is 1. The summed E-state index contributed by atoms with van der Waals surface area (Å²) in [6, 6.07) is 6.27. The number of sulfone groups is 1. The number of carbonyl (C=O) groups excluding carboxylic acids is 1. The van der Waals surface area contributed by atoms with Crippen molar-refractivity contribution in [2.24, 2.45) is 0 Å². The van der Waals surface area contributed by atoms with E-state index < -0.39 is 9.84 Å². The minimum atomic E-state index is -2.91. The maximum atomic E-state index is 13.3. The van der Waals surface area contributed by atoms with Gasteiger partial charge in [-0.3, -0.25) is 4.79 Å². The van der Waals surface area contributed by atoms with Gasteiger partial charge >= 0.3 is 0 Å². The molecule has 0 aromatic heterocycles. The summed E-state index contributed by atoms with van der Waals surface area (Å²) >= 11 is 1.35. The Bertz CT molecular complexity index is 589. The Balaban J connectivity index is 1.73. The lowest BCUT2D eigenvalue weighted by molar-refractivity contribution is -0.118. The first-order chi connectivity index (χ1) is 9.46. The molecule has 0 radical (unpaired) electrons. The molecule has 1 unspecified atom stereocenters. The maximum Gasteiger partial charge on any atom is 0.230 e. The van der Waals surface area contributed by atoms with E-state index in [9.17, 15) is 17.6 Å². The quantitative estimate of drug-likeness (QED) is 0.891. The maximum absolute atomic E-state index is 13.3. The van der Waals surface area contributed by atoms with E-state index in [-0.39, 0.29) is 40.8 Å². The average molecular weight is 317 g/mol. The number of halogens is 1. The van der Waals surface area contributed by atoms with Crippen LogP contribution in [-0.2, 0) is 21.2 Å². The molecule has 0 bridgehead atoms. The predicted octanol–water partition coefficient (Wildman–Crippen LogP) is 1.36. The summed E-state index contributed by atoms with van der Waals surface area (Å²) < 4.78 is 35.9. The Hall–Kier alpha value is -1.08. The lowest BCUT2D eigenvalue weighted by atomic mass is 10.2. The summed E-state index contributed by atoms with van der Waals surface area (Å²) in [7, 11) is -2.91. The van der Waals surface area contributed by atoms with Gasteiger partial charge in [0, 0.05) is 17.4 Å². The van der Waals surface area contributed by atoms with Gasteiger partial charge < -0.3 is 5.32 Å². The minimum absolute atomic E-state index is 0.000730. The molecule has 1 aromatic rings. The van der Waals surface area contributed by atoms with E-state index in [2.05, 4.69) is 5.32 Å². The molecule has 1 N–H and O–H groups in total. The molecular weight excluding hydrogens is 301 g/mol. The number of amides is 1. The molecule has 0 aliphatic carbocycles. The Morgan fingerprint density at radius 3 is 2.80 bits per heavy atom. The van der Waals surface area contributed by atoms with Gasteiger partial charge in [-0.05, 0) is 12.5 Å². The zero-order chi connectivity index (χ0) is 14.6. The number of nitrogens with one attached hydrogen (secondary N) is 1. The van der Waals surface area contributed by atoms with Crippen molar-refractivity contribution in [1.29, 1.82) is 0 Å². The highest BCUT2D eigenvalue weighted by molar-refractivity contribution is 8.02. The number of hydrogen-bond acceptors (Lipinski definition) is 4. The van der Waals surface area contributed by atoms with Crippen LogP contribution in [0.15, 0.2) is 24.3 Å². The zero-order valence-electron chi connectivity index (χ0n) is 10.8. The second-order valence-electron chi connectivity index (χ2n) is 4.70. The summed E-state index contributed by atoms with van der Waals surface area (Å²) in [5, 5.41) is 2.63. The van der Waals surface area contributed by atoms with E-state index in [0.29, 0.717) is 12.0 Å². The third kappa shape index (κ3) is 4.49. The molecule has 1 aliphatic heterocycles. The van der Waals surface area contributed by atoms with Gasteiger partial charge in [-0.1, -0.05) is 18.2 Å². The lowest BCUT2D eigenvalue weighted by Gasteiger charge is -2.08. The summed E-state index contributed by atoms with van der Waals surface area (Å²) in [5.74, 6) is 0.0129. The highest BCUT2D eigenvalue weighted by Crippen LogP contribution is 2.23. The largest absolute Gasteiger partial charge is 0.351 e. The van der Waals surface area contributed by atoms with Crippen molar-refractivity contribution in [2.45, 2.75) is 18.2 Å².